The van der Waals surface area contributed by atoms with Crippen LogP contribution in [-0.4, -0.2) is 25.0 Å². The van der Waals surface area contributed by atoms with E-state index in [1.807, 2.05) is 50.2 Å². The van der Waals surface area contributed by atoms with Gasteiger partial charge in [0.15, 0.2) is 11.0 Å². The smallest absolute Gasteiger partial charge is 0.251 e. The second-order valence-corrected chi connectivity index (χ2v) is 6.98. The van der Waals surface area contributed by atoms with E-state index in [1.165, 1.54) is 11.8 Å². The van der Waals surface area contributed by atoms with Crippen LogP contribution in [-0.2, 0) is 12.3 Å². The molecule has 7 nitrogen and oxygen atoms in total. The lowest BCUT2D eigenvalue weighted by Gasteiger charge is -2.06. The van der Waals surface area contributed by atoms with E-state index >= 15 is 0 Å². The molecule has 0 atom stereocenters. The molecule has 0 unspecified atom stereocenters. The van der Waals surface area contributed by atoms with Crippen LogP contribution < -0.4 is 0 Å². The summed E-state index contributed by atoms with van der Waals surface area (Å²) in [6.07, 6.45) is 0. The maximum absolute atomic E-state index is 5.79. The van der Waals surface area contributed by atoms with Crippen molar-refractivity contribution in [3.8, 4) is 22.8 Å². The lowest BCUT2D eigenvalue weighted by molar-refractivity contribution is 0.499. The molecule has 4 aromatic rings. The molecule has 8 heteroatoms. The summed E-state index contributed by atoms with van der Waals surface area (Å²) >= 11 is 1.53. The molecule has 0 aliphatic heterocycles. The highest BCUT2D eigenvalue weighted by atomic mass is 32.2. The van der Waals surface area contributed by atoms with Crippen molar-refractivity contribution in [3.63, 3.8) is 0 Å². The molecule has 0 aliphatic carbocycles. The van der Waals surface area contributed by atoms with Crippen molar-refractivity contribution in [3.05, 3.63) is 53.8 Å². The normalized spacial score (nSPS) is 11.2. The second-order valence-electron chi connectivity index (χ2n) is 6.03. The molecule has 0 amide bonds. The standard InChI is InChI=1S/C19H19N5O2S/c1-4-24-17(14-8-6-5-7-9-14)21-23-19(24)27-11-16-20-22-18(26-16)15-10-12(2)25-13(15)3/h5-10H,4,11H2,1-3H3. The summed E-state index contributed by atoms with van der Waals surface area (Å²) in [7, 11) is 0. The molecular formula is C19H19N5O2S. The molecule has 0 aliphatic rings. The zero-order valence-corrected chi connectivity index (χ0v) is 16.2. The Morgan fingerprint density at radius 1 is 1.00 bits per heavy atom. The fourth-order valence-corrected chi connectivity index (χ4v) is 3.71. The van der Waals surface area contributed by atoms with Gasteiger partial charge in [0.25, 0.3) is 5.89 Å². The zero-order chi connectivity index (χ0) is 18.8. The molecule has 3 heterocycles. The summed E-state index contributed by atoms with van der Waals surface area (Å²) in [5.41, 5.74) is 1.88. The van der Waals surface area contributed by atoms with E-state index in [0.717, 1.165) is 40.2 Å². The van der Waals surface area contributed by atoms with Gasteiger partial charge >= 0.3 is 0 Å². The van der Waals surface area contributed by atoms with Crippen molar-refractivity contribution in [2.24, 2.45) is 0 Å². The maximum atomic E-state index is 5.79. The van der Waals surface area contributed by atoms with E-state index in [0.29, 0.717) is 17.5 Å². The number of hydrogen-bond donors (Lipinski definition) is 0. The number of hydrogen-bond acceptors (Lipinski definition) is 7. The van der Waals surface area contributed by atoms with Crippen LogP contribution in [0.25, 0.3) is 22.8 Å². The van der Waals surface area contributed by atoms with Gasteiger partial charge < -0.3 is 13.4 Å². The van der Waals surface area contributed by atoms with Gasteiger partial charge in [0.05, 0.1) is 11.3 Å². The topological polar surface area (TPSA) is 82.8 Å². The summed E-state index contributed by atoms with van der Waals surface area (Å²) in [5.74, 6) is 3.99. The SMILES string of the molecule is CCn1c(SCc2nnc(-c3cc(C)oc3C)o2)nnc1-c1ccccc1. The number of aryl methyl sites for hydroxylation is 2. The van der Waals surface area contributed by atoms with Crippen LogP contribution in [0.5, 0.6) is 0 Å². The minimum Gasteiger partial charge on any atom is -0.466 e. The van der Waals surface area contributed by atoms with E-state index in [2.05, 4.69) is 31.9 Å². The van der Waals surface area contributed by atoms with Crippen LogP contribution >= 0.6 is 11.8 Å². The molecule has 4 rings (SSSR count). The molecule has 138 valence electrons. The zero-order valence-electron chi connectivity index (χ0n) is 15.3. The average Bonchev–Trinajstić information content (AvgIpc) is 3.38. The van der Waals surface area contributed by atoms with Crippen molar-refractivity contribution in [2.75, 3.05) is 0 Å². The highest BCUT2D eigenvalue weighted by molar-refractivity contribution is 7.98. The largest absolute Gasteiger partial charge is 0.466 e. The molecule has 0 spiro atoms. The predicted molar refractivity (Wildman–Crippen MR) is 102 cm³/mol. The first kappa shape index (κ1) is 17.5. The number of rotatable bonds is 6. The first-order valence-corrected chi connectivity index (χ1v) is 9.65. The summed E-state index contributed by atoms with van der Waals surface area (Å²) in [6.45, 7) is 6.64. The third-order valence-corrected chi connectivity index (χ3v) is 5.08. The van der Waals surface area contributed by atoms with Crippen molar-refractivity contribution >= 4 is 11.8 Å². The minimum absolute atomic E-state index is 0.474. The third-order valence-electron chi connectivity index (χ3n) is 4.13. The van der Waals surface area contributed by atoms with Gasteiger partial charge in [-0.1, -0.05) is 42.1 Å². The van der Waals surface area contributed by atoms with E-state index < -0.39 is 0 Å². The van der Waals surface area contributed by atoms with E-state index in [9.17, 15) is 0 Å². The van der Waals surface area contributed by atoms with Crippen LogP contribution in [0.3, 0.4) is 0 Å². The number of aromatic nitrogens is 5. The Hall–Kier alpha value is -2.87. The average molecular weight is 381 g/mol. The molecule has 0 saturated heterocycles. The van der Waals surface area contributed by atoms with Gasteiger partial charge in [-0.2, -0.15) is 0 Å². The maximum Gasteiger partial charge on any atom is 0.251 e. The molecular weight excluding hydrogens is 362 g/mol. The Bertz CT molecular complexity index is 1050. The molecule has 3 aromatic heterocycles. The van der Waals surface area contributed by atoms with Crippen LogP contribution in [0.15, 0.2) is 50.4 Å². The van der Waals surface area contributed by atoms with E-state index in [4.69, 9.17) is 8.83 Å². The Labute approximate surface area is 160 Å². The van der Waals surface area contributed by atoms with Gasteiger partial charge in [-0.15, -0.1) is 20.4 Å². The first-order valence-electron chi connectivity index (χ1n) is 8.67. The van der Waals surface area contributed by atoms with E-state index in [1.54, 1.807) is 0 Å². The van der Waals surface area contributed by atoms with Crippen LogP contribution in [0.2, 0.25) is 0 Å². The molecule has 0 saturated carbocycles. The molecule has 0 bridgehead atoms. The predicted octanol–water partition coefficient (Wildman–Crippen LogP) is 4.52. The number of thioether (sulfide) groups is 1. The molecule has 1 aromatic carbocycles. The molecule has 0 fully saturated rings. The Kier molecular flexibility index (Phi) is 4.81. The summed E-state index contributed by atoms with van der Waals surface area (Å²) in [4.78, 5) is 0. The summed E-state index contributed by atoms with van der Waals surface area (Å²) < 4.78 is 13.4. The minimum atomic E-state index is 0.474. The molecule has 0 radical (unpaired) electrons. The van der Waals surface area contributed by atoms with Gasteiger partial charge in [-0.3, -0.25) is 0 Å². The first-order chi connectivity index (χ1) is 13.2. The van der Waals surface area contributed by atoms with Crippen molar-refractivity contribution in [1.29, 1.82) is 0 Å². The Morgan fingerprint density at radius 2 is 1.81 bits per heavy atom. The second kappa shape index (κ2) is 7.40. The number of furan rings is 1. The summed E-state index contributed by atoms with van der Waals surface area (Å²) in [6, 6.07) is 11.9. The molecule has 27 heavy (non-hydrogen) atoms. The van der Waals surface area contributed by atoms with Gasteiger partial charge in [0.1, 0.15) is 11.5 Å². The van der Waals surface area contributed by atoms with Gasteiger partial charge in [0.2, 0.25) is 5.89 Å². The monoisotopic (exact) mass is 381 g/mol. The van der Waals surface area contributed by atoms with Gasteiger partial charge in [0, 0.05) is 12.1 Å². The lowest BCUT2D eigenvalue weighted by atomic mass is 10.2. The lowest BCUT2D eigenvalue weighted by Crippen LogP contribution is -1.99. The fraction of sp³-hybridized carbons (Fsp3) is 0.263. The highest BCUT2D eigenvalue weighted by Crippen LogP contribution is 2.29. The van der Waals surface area contributed by atoms with Crippen LogP contribution in [0.4, 0.5) is 0 Å². The van der Waals surface area contributed by atoms with Gasteiger partial charge in [-0.05, 0) is 26.8 Å². The third kappa shape index (κ3) is 3.52. The Morgan fingerprint density at radius 3 is 2.52 bits per heavy atom. The quantitative estimate of drug-likeness (QED) is 0.454. The molecule has 0 N–H and O–H groups in total. The fourth-order valence-electron chi connectivity index (χ4n) is 2.87. The van der Waals surface area contributed by atoms with Crippen LogP contribution in [0, 0.1) is 13.8 Å². The summed E-state index contributed by atoms with van der Waals surface area (Å²) in [5, 5.41) is 17.8. The Balaban J connectivity index is 1.51. The highest BCUT2D eigenvalue weighted by Gasteiger charge is 2.17. The van der Waals surface area contributed by atoms with Crippen LogP contribution in [0.1, 0.15) is 24.3 Å². The van der Waals surface area contributed by atoms with E-state index in [-0.39, 0.29) is 0 Å². The van der Waals surface area contributed by atoms with Gasteiger partial charge in [-0.25, -0.2) is 0 Å². The van der Waals surface area contributed by atoms with Crippen molar-refractivity contribution < 1.29 is 8.83 Å². The van der Waals surface area contributed by atoms with Crippen molar-refractivity contribution in [1.82, 2.24) is 25.0 Å². The number of nitrogens with zero attached hydrogens (tertiary/aromatic N) is 5. The van der Waals surface area contributed by atoms with Crippen molar-refractivity contribution in [2.45, 2.75) is 38.2 Å². The number of benzene rings is 1.